The highest BCUT2D eigenvalue weighted by atomic mass is 35.5. The second-order valence-corrected chi connectivity index (χ2v) is 10.6. The maximum absolute atomic E-state index is 14.1. The van der Waals surface area contributed by atoms with E-state index in [4.69, 9.17) is 16.3 Å². The molecule has 1 aromatic heterocycles. The monoisotopic (exact) mass is 543 g/mol. The van der Waals surface area contributed by atoms with Crippen molar-refractivity contribution in [1.82, 2.24) is 35.0 Å². The second-order valence-electron chi connectivity index (χ2n) is 10.2. The minimum absolute atomic E-state index is 0.0777. The number of rotatable bonds is 6. The average Bonchev–Trinajstić information content (AvgIpc) is 3.67. The van der Waals surface area contributed by atoms with Crippen molar-refractivity contribution in [2.75, 3.05) is 26.7 Å². The van der Waals surface area contributed by atoms with Crippen LogP contribution in [-0.4, -0.2) is 86.3 Å². The standard InChI is InChI=1S/C26H34ClN7O4/c1-16(32-11-5-7-22(32)35)24-23-18(19(27)8-9-21(23)38-15-17-14-31(3)30-29-17)10-13-34(24)25(36)20-6-4-12-33(20)26(37)28-2/h8-9,14,16,20,24H,4-7,10-13,15H2,1-3H3,(H,28,37)/t16-,20+,24-/m1/s1. The Morgan fingerprint density at radius 1 is 1.18 bits per heavy atom. The molecule has 11 nitrogen and oxygen atoms in total. The molecule has 38 heavy (non-hydrogen) atoms. The highest BCUT2D eigenvalue weighted by molar-refractivity contribution is 6.31. The molecule has 0 unspecified atom stereocenters. The van der Waals surface area contributed by atoms with E-state index < -0.39 is 12.1 Å². The number of carbonyl (C=O) groups is 3. The van der Waals surface area contributed by atoms with E-state index in [1.807, 2.05) is 28.9 Å². The minimum atomic E-state index is -0.552. The number of urea groups is 1. The first-order valence-electron chi connectivity index (χ1n) is 13.2. The molecular weight excluding hydrogens is 510 g/mol. The number of likely N-dealkylation sites (tertiary alicyclic amines) is 2. The third-order valence-corrected chi connectivity index (χ3v) is 8.23. The lowest BCUT2D eigenvalue weighted by Crippen LogP contribution is -2.56. The van der Waals surface area contributed by atoms with Crippen molar-refractivity contribution in [3.63, 3.8) is 0 Å². The summed E-state index contributed by atoms with van der Waals surface area (Å²) >= 11 is 6.70. The van der Waals surface area contributed by atoms with E-state index in [9.17, 15) is 14.4 Å². The van der Waals surface area contributed by atoms with E-state index >= 15 is 0 Å². The van der Waals surface area contributed by atoms with Crippen LogP contribution in [0.5, 0.6) is 5.75 Å². The lowest BCUT2D eigenvalue weighted by atomic mass is 9.86. The molecule has 3 atom stereocenters. The Balaban J connectivity index is 1.54. The Morgan fingerprint density at radius 3 is 2.68 bits per heavy atom. The van der Waals surface area contributed by atoms with E-state index in [2.05, 4.69) is 15.6 Å². The summed E-state index contributed by atoms with van der Waals surface area (Å²) in [6, 6.07) is 2.05. The Morgan fingerprint density at radius 2 is 2.00 bits per heavy atom. The van der Waals surface area contributed by atoms with Gasteiger partial charge >= 0.3 is 6.03 Å². The largest absolute Gasteiger partial charge is 0.487 e. The van der Waals surface area contributed by atoms with Crippen LogP contribution in [-0.2, 0) is 29.7 Å². The molecule has 4 heterocycles. The molecule has 0 spiro atoms. The van der Waals surface area contributed by atoms with Gasteiger partial charge in [0.1, 0.15) is 24.1 Å². The second kappa shape index (κ2) is 10.8. The molecule has 4 amide bonds. The fourth-order valence-corrected chi connectivity index (χ4v) is 6.34. The number of aryl methyl sites for hydroxylation is 1. The van der Waals surface area contributed by atoms with Crippen molar-refractivity contribution in [1.29, 1.82) is 0 Å². The van der Waals surface area contributed by atoms with E-state index in [1.54, 1.807) is 29.9 Å². The van der Waals surface area contributed by atoms with E-state index in [1.165, 1.54) is 0 Å². The lowest BCUT2D eigenvalue weighted by molar-refractivity contribution is -0.142. The maximum atomic E-state index is 14.1. The van der Waals surface area contributed by atoms with E-state index in [0.29, 0.717) is 55.4 Å². The van der Waals surface area contributed by atoms with Crippen LogP contribution in [0.4, 0.5) is 4.79 Å². The van der Waals surface area contributed by atoms with Crippen molar-refractivity contribution in [2.45, 2.75) is 63.8 Å². The van der Waals surface area contributed by atoms with Gasteiger partial charge in [-0.05, 0) is 50.3 Å². The van der Waals surface area contributed by atoms with Crippen LogP contribution in [0, 0.1) is 0 Å². The van der Waals surface area contributed by atoms with Crippen molar-refractivity contribution >= 4 is 29.4 Å². The first-order valence-corrected chi connectivity index (χ1v) is 13.6. The van der Waals surface area contributed by atoms with Gasteiger partial charge in [-0.3, -0.25) is 14.3 Å². The molecule has 204 valence electrons. The SMILES string of the molecule is CNC(=O)N1CCC[C@H]1C(=O)N1CCc2c(Cl)ccc(OCc3cn(C)nn3)c2[C@H]1[C@@H](C)N1CCCC1=O. The van der Waals surface area contributed by atoms with Crippen LogP contribution >= 0.6 is 11.6 Å². The molecule has 1 aromatic carbocycles. The quantitative estimate of drug-likeness (QED) is 0.598. The summed E-state index contributed by atoms with van der Waals surface area (Å²) < 4.78 is 7.88. The molecule has 1 N–H and O–H groups in total. The van der Waals surface area contributed by atoms with Crippen molar-refractivity contribution in [3.8, 4) is 5.75 Å². The summed E-state index contributed by atoms with van der Waals surface area (Å²) in [6.07, 6.45) is 4.98. The molecule has 2 aromatic rings. The van der Waals surface area contributed by atoms with Gasteiger partial charge in [-0.25, -0.2) is 4.79 Å². The maximum Gasteiger partial charge on any atom is 0.317 e. The molecule has 2 fully saturated rings. The molecule has 0 bridgehead atoms. The number of ether oxygens (including phenoxy) is 1. The fourth-order valence-electron chi connectivity index (χ4n) is 6.08. The van der Waals surface area contributed by atoms with E-state index in [-0.39, 0.29) is 30.5 Å². The Kier molecular flexibility index (Phi) is 7.47. The summed E-state index contributed by atoms with van der Waals surface area (Å²) in [5.74, 6) is 0.569. The predicted octanol–water partition coefficient (Wildman–Crippen LogP) is 2.29. The fraction of sp³-hybridized carbons (Fsp3) is 0.577. The number of benzene rings is 1. The Hall–Kier alpha value is -3.34. The molecule has 12 heteroatoms. The molecule has 0 radical (unpaired) electrons. The zero-order chi connectivity index (χ0) is 27.0. The molecule has 2 saturated heterocycles. The summed E-state index contributed by atoms with van der Waals surface area (Å²) in [5, 5.41) is 11.4. The number of aromatic nitrogens is 3. The number of nitrogens with zero attached hydrogens (tertiary/aromatic N) is 6. The van der Waals surface area contributed by atoms with E-state index in [0.717, 1.165) is 24.0 Å². The summed E-state index contributed by atoms with van der Waals surface area (Å²) in [7, 11) is 3.37. The predicted molar refractivity (Wildman–Crippen MR) is 140 cm³/mol. The minimum Gasteiger partial charge on any atom is -0.487 e. The molecule has 0 saturated carbocycles. The van der Waals surface area contributed by atoms with Crippen LogP contribution in [0.1, 0.15) is 55.5 Å². The summed E-state index contributed by atoms with van der Waals surface area (Å²) in [5.41, 5.74) is 2.41. The van der Waals surface area contributed by atoms with Crippen molar-refractivity contribution in [3.05, 3.63) is 40.2 Å². The van der Waals surface area contributed by atoms with Gasteiger partial charge in [-0.1, -0.05) is 16.8 Å². The number of hydrogen-bond donors (Lipinski definition) is 1. The number of nitrogens with one attached hydrogen (secondary N) is 1. The highest BCUT2D eigenvalue weighted by Crippen LogP contribution is 2.44. The van der Waals surface area contributed by atoms with Gasteiger partial charge in [0.05, 0.1) is 18.3 Å². The van der Waals surface area contributed by atoms with Gasteiger partial charge in [0.2, 0.25) is 11.8 Å². The van der Waals surface area contributed by atoms with Crippen LogP contribution < -0.4 is 10.1 Å². The first kappa shape index (κ1) is 26.3. The van der Waals surface area contributed by atoms with Gasteiger partial charge in [0.25, 0.3) is 0 Å². The normalized spacial score (nSPS) is 22.0. The molecule has 3 aliphatic heterocycles. The summed E-state index contributed by atoms with van der Waals surface area (Å²) in [4.78, 5) is 44.8. The number of amides is 4. The number of hydrogen-bond acceptors (Lipinski definition) is 6. The van der Waals surface area contributed by atoms with Gasteiger partial charge in [-0.15, -0.1) is 5.10 Å². The molecular formula is C26H34ClN7O4. The number of carbonyl (C=O) groups excluding carboxylic acids is 3. The third-order valence-electron chi connectivity index (χ3n) is 7.87. The molecule has 0 aliphatic carbocycles. The van der Waals surface area contributed by atoms with Crippen LogP contribution in [0.2, 0.25) is 5.02 Å². The van der Waals surface area contributed by atoms with Crippen molar-refractivity contribution < 1.29 is 19.1 Å². The van der Waals surface area contributed by atoms with Gasteiger partial charge in [-0.2, -0.15) is 0 Å². The van der Waals surface area contributed by atoms with Crippen LogP contribution in [0.3, 0.4) is 0 Å². The first-order chi connectivity index (χ1) is 18.3. The summed E-state index contributed by atoms with van der Waals surface area (Å²) in [6.45, 7) is 3.80. The van der Waals surface area contributed by atoms with Crippen LogP contribution in [0.25, 0.3) is 0 Å². The third kappa shape index (κ3) is 4.79. The van der Waals surface area contributed by atoms with Crippen LogP contribution in [0.15, 0.2) is 18.3 Å². The van der Waals surface area contributed by atoms with Gasteiger partial charge in [0, 0.05) is 50.7 Å². The smallest absolute Gasteiger partial charge is 0.317 e. The topological polar surface area (TPSA) is 113 Å². The highest BCUT2D eigenvalue weighted by Gasteiger charge is 2.45. The lowest BCUT2D eigenvalue weighted by Gasteiger charge is -2.45. The Labute approximate surface area is 227 Å². The molecule has 5 rings (SSSR count). The van der Waals surface area contributed by atoms with Gasteiger partial charge < -0.3 is 24.8 Å². The number of fused-ring (bicyclic) bond motifs is 1. The Bertz CT molecular complexity index is 1230. The average molecular weight is 544 g/mol. The van der Waals surface area contributed by atoms with Crippen molar-refractivity contribution in [2.24, 2.45) is 7.05 Å². The zero-order valence-corrected chi connectivity index (χ0v) is 22.8. The van der Waals surface area contributed by atoms with Gasteiger partial charge in [0.15, 0.2) is 0 Å². The number of halogens is 1. The molecule has 3 aliphatic rings. The zero-order valence-electron chi connectivity index (χ0n) is 22.0.